The van der Waals surface area contributed by atoms with Crippen molar-refractivity contribution >= 4 is 41.9 Å². The van der Waals surface area contributed by atoms with Gasteiger partial charge in [0.2, 0.25) is 0 Å². The Morgan fingerprint density at radius 1 is 0.348 bits per heavy atom. The summed E-state index contributed by atoms with van der Waals surface area (Å²) in [6, 6.07) is -1.04. The molecule has 0 spiro atoms. The quantitative estimate of drug-likeness (QED) is 0.0344. The van der Waals surface area contributed by atoms with E-state index in [1.165, 1.54) is 0 Å². The molecule has 0 radical (unpaired) electrons. The predicted molar refractivity (Wildman–Crippen MR) is 267 cm³/mol. The average molecular weight is 984 g/mol. The molecule has 0 aliphatic rings. The van der Waals surface area contributed by atoms with Crippen molar-refractivity contribution < 1.29 is 66.7 Å². The second-order valence-electron chi connectivity index (χ2n) is 19.7. The Kier molecular flexibility index (Phi) is 41.6. The third-order valence-corrected chi connectivity index (χ3v) is 11.4. The van der Waals surface area contributed by atoms with Crippen molar-refractivity contribution in [1.82, 2.24) is 5.32 Å². The summed E-state index contributed by atoms with van der Waals surface area (Å²) < 4.78 is 38.7. The van der Waals surface area contributed by atoms with Gasteiger partial charge in [0.15, 0.2) is 0 Å². The number of alkyl carbamates (subject to hydrolysis) is 1. The molecule has 0 aromatic heterocycles. The van der Waals surface area contributed by atoms with Gasteiger partial charge in [0, 0.05) is 37.5 Å². The molecule has 0 aliphatic heterocycles. The lowest BCUT2D eigenvalue weighted by Crippen LogP contribution is -2.45. The van der Waals surface area contributed by atoms with Gasteiger partial charge in [0.1, 0.15) is 24.9 Å². The minimum absolute atomic E-state index is 0.158. The summed E-state index contributed by atoms with van der Waals surface area (Å²) in [7, 11) is 0. The number of hydrogen-bond acceptors (Lipinski definition) is 14. The first-order valence-corrected chi connectivity index (χ1v) is 27.0. The molecule has 0 saturated carbocycles. The number of hydrogen-bond donors (Lipinski definition) is 1. The van der Waals surface area contributed by atoms with Crippen LogP contribution in [0.4, 0.5) is 4.79 Å². The van der Waals surface area contributed by atoms with Crippen molar-refractivity contribution in [1.29, 1.82) is 0 Å². The maximum Gasteiger partial charge on any atom is 0.408 e. The number of carbonyl (C=O) groups excluding carboxylic acids is 7. The van der Waals surface area contributed by atoms with E-state index in [1.807, 2.05) is 0 Å². The van der Waals surface area contributed by atoms with Crippen molar-refractivity contribution in [3.05, 3.63) is 0 Å². The molecule has 0 saturated heterocycles. The van der Waals surface area contributed by atoms with Crippen LogP contribution in [0.5, 0.6) is 0 Å². The fourth-order valence-corrected chi connectivity index (χ4v) is 7.24. The van der Waals surface area contributed by atoms with Gasteiger partial charge < -0.3 is 38.5 Å². The lowest BCUT2D eigenvalue weighted by molar-refractivity contribution is -0.157. The van der Waals surface area contributed by atoms with Gasteiger partial charge in [0.05, 0.1) is 39.3 Å². The zero-order chi connectivity index (χ0) is 51.4. The van der Waals surface area contributed by atoms with Gasteiger partial charge in [-0.05, 0) is 46.5 Å². The molecule has 0 aliphatic carbocycles. The Morgan fingerprint density at radius 3 is 0.855 bits per heavy atom. The molecule has 15 heteroatoms. The molecule has 1 amide bonds. The zero-order valence-electron chi connectivity index (χ0n) is 44.4. The predicted octanol–water partition coefficient (Wildman–Crippen LogP) is 12.2. The summed E-state index contributed by atoms with van der Waals surface area (Å²) in [5, 5.41) is 2.60. The minimum atomic E-state index is -1.04. The number of esters is 6. The van der Waals surface area contributed by atoms with Crippen LogP contribution in [0.2, 0.25) is 0 Å². The van der Waals surface area contributed by atoms with Crippen LogP contribution < -0.4 is 5.32 Å². The van der Waals surface area contributed by atoms with E-state index in [9.17, 15) is 33.6 Å². The fraction of sp³-hybridized carbons (Fsp3) is 0.870. The number of carbonyl (C=O) groups is 7. The van der Waals surface area contributed by atoms with E-state index in [0.717, 1.165) is 128 Å². The smallest absolute Gasteiger partial charge is 0.408 e. The van der Waals surface area contributed by atoms with Gasteiger partial charge in [-0.3, -0.25) is 28.8 Å². The second kappa shape index (κ2) is 44.1. The van der Waals surface area contributed by atoms with Gasteiger partial charge in [0.25, 0.3) is 0 Å². The molecule has 0 fully saturated rings. The van der Waals surface area contributed by atoms with Gasteiger partial charge in [-0.1, -0.05) is 156 Å². The highest BCUT2D eigenvalue weighted by Crippen LogP contribution is 2.16. The Hall–Kier alpha value is -3.91. The molecular formula is C54H97NO14. The van der Waals surface area contributed by atoms with Crippen molar-refractivity contribution in [2.75, 3.05) is 39.6 Å². The van der Waals surface area contributed by atoms with E-state index in [-0.39, 0.29) is 65.0 Å². The Balaban J connectivity index is 5.70. The summed E-state index contributed by atoms with van der Waals surface area (Å²) in [4.78, 5) is 90.0. The van der Waals surface area contributed by atoms with Gasteiger partial charge in [-0.25, -0.2) is 4.79 Å². The van der Waals surface area contributed by atoms with E-state index >= 15 is 0 Å². The van der Waals surface area contributed by atoms with Crippen molar-refractivity contribution in [3.63, 3.8) is 0 Å². The van der Waals surface area contributed by atoms with Crippen LogP contribution in [0, 0.1) is 11.8 Å². The van der Waals surface area contributed by atoms with Crippen LogP contribution in [-0.2, 0) is 61.9 Å². The zero-order valence-corrected chi connectivity index (χ0v) is 44.4. The molecule has 0 aromatic carbocycles. The summed E-state index contributed by atoms with van der Waals surface area (Å²) in [6.07, 6.45) is 23.8. The highest BCUT2D eigenvalue weighted by atomic mass is 16.6. The van der Waals surface area contributed by atoms with Gasteiger partial charge in [-0.2, -0.15) is 0 Å². The first kappa shape index (κ1) is 65.1. The van der Waals surface area contributed by atoms with Gasteiger partial charge >= 0.3 is 41.9 Å². The highest BCUT2D eigenvalue weighted by Gasteiger charge is 2.26. The second-order valence-corrected chi connectivity index (χ2v) is 19.7. The van der Waals surface area contributed by atoms with Crippen LogP contribution in [0.15, 0.2) is 0 Å². The number of amides is 1. The van der Waals surface area contributed by atoms with Crippen molar-refractivity contribution in [2.45, 2.75) is 253 Å². The Labute approximate surface area is 417 Å². The van der Waals surface area contributed by atoms with E-state index in [2.05, 4.69) is 33.0 Å². The van der Waals surface area contributed by atoms with Crippen molar-refractivity contribution in [2.24, 2.45) is 11.8 Å². The first-order valence-electron chi connectivity index (χ1n) is 27.0. The third-order valence-electron chi connectivity index (χ3n) is 11.4. The van der Waals surface area contributed by atoms with E-state index in [1.54, 1.807) is 20.8 Å². The first-order chi connectivity index (χ1) is 33.1. The van der Waals surface area contributed by atoms with E-state index in [0.29, 0.717) is 25.7 Å². The van der Waals surface area contributed by atoms with Crippen LogP contribution in [0.3, 0.4) is 0 Å². The summed E-state index contributed by atoms with van der Waals surface area (Å²) in [6.45, 7) is 12.2. The van der Waals surface area contributed by atoms with Gasteiger partial charge in [-0.15, -0.1) is 0 Å². The van der Waals surface area contributed by atoms with Crippen LogP contribution in [-0.4, -0.2) is 93.2 Å². The molecule has 69 heavy (non-hydrogen) atoms. The minimum Gasteiger partial charge on any atom is -0.465 e. The number of rotatable bonds is 45. The molecule has 0 atom stereocenters. The maximum absolute atomic E-state index is 13.3. The SMILES string of the molecule is CCCCCCCCC(=O)OCC(COC(=O)CCCCCCCC)CC(=O)OCC(COC(=O)CC(COC(=O)CCCCCCCC)COC(=O)CCCCCCCC)NC(=O)OC(C)(C)C. The largest absolute Gasteiger partial charge is 0.465 e. The van der Waals surface area contributed by atoms with Crippen molar-refractivity contribution in [3.8, 4) is 0 Å². The molecule has 0 bridgehead atoms. The molecule has 402 valence electrons. The summed E-state index contributed by atoms with van der Waals surface area (Å²) >= 11 is 0. The molecule has 0 heterocycles. The Bertz CT molecular complexity index is 1210. The maximum atomic E-state index is 13.3. The molecule has 0 unspecified atom stereocenters. The normalized spacial score (nSPS) is 11.4. The standard InChI is InChI=1S/C54H97NO14/c1-8-12-16-20-24-28-32-47(56)63-38-44(39-64-48(57)33-29-25-21-17-13-9-2)36-51(60)67-42-46(55-53(62)69-54(5,6)7)43-68-52(61)37-45(40-65-49(58)34-30-26-22-18-14-10-3)41-66-50(59)35-31-27-23-19-15-11-4/h44-46H,8-43H2,1-7H3,(H,55,62). The van der Waals surface area contributed by atoms with Crippen LogP contribution in [0.25, 0.3) is 0 Å². The van der Waals surface area contributed by atoms with E-state index in [4.69, 9.17) is 33.2 Å². The summed E-state index contributed by atoms with van der Waals surface area (Å²) in [5.41, 5.74) is -0.861. The monoisotopic (exact) mass is 984 g/mol. The third kappa shape index (κ3) is 43.8. The van der Waals surface area contributed by atoms with Crippen LogP contribution >= 0.6 is 0 Å². The lowest BCUT2D eigenvalue weighted by atomic mass is 10.1. The van der Waals surface area contributed by atoms with E-state index < -0.39 is 78.6 Å². The topological polar surface area (TPSA) is 196 Å². The molecule has 15 nitrogen and oxygen atoms in total. The molecule has 0 rings (SSSR count). The van der Waals surface area contributed by atoms with Crippen LogP contribution in [0.1, 0.15) is 241 Å². The highest BCUT2D eigenvalue weighted by molar-refractivity contribution is 5.73. The Morgan fingerprint density at radius 2 is 0.594 bits per heavy atom. The number of nitrogens with one attached hydrogen (secondary N) is 1. The number of unbranched alkanes of at least 4 members (excludes halogenated alkanes) is 20. The number of ether oxygens (including phenoxy) is 7. The molecule has 0 aromatic rings. The summed E-state index contributed by atoms with van der Waals surface area (Å²) in [5.74, 6) is -4.40. The molecule has 1 N–H and O–H groups in total. The average Bonchev–Trinajstić information content (AvgIpc) is 3.30. The fourth-order valence-electron chi connectivity index (χ4n) is 7.24. The molecular weight excluding hydrogens is 887 g/mol. The lowest BCUT2D eigenvalue weighted by Gasteiger charge is -2.24.